The summed E-state index contributed by atoms with van der Waals surface area (Å²) < 4.78 is 68.0. The normalized spacial score (nSPS) is 13.0. The number of benzene rings is 20. The molecule has 22 aromatic rings. The summed E-state index contributed by atoms with van der Waals surface area (Å²) in [6, 6.07) is 122. The smallest absolute Gasteiger partial charge is 0.147 e. The number of hydrogen-bond donors (Lipinski definition) is 1. The third-order valence-corrected chi connectivity index (χ3v) is 28.1. The Balaban J connectivity index is 0.000000122. The minimum absolute atomic E-state index is 0.0428. The first-order valence-electron chi connectivity index (χ1n) is 40.7. The van der Waals surface area contributed by atoms with E-state index in [1.54, 1.807) is 65.1 Å². The minimum atomic E-state index is -0.302. The van der Waals surface area contributed by atoms with Crippen LogP contribution in [-0.2, 0) is 10.8 Å². The molecule has 0 spiro atoms. The first-order valence-corrected chi connectivity index (χ1v) is 43.1. The molecular weight excluding hydrogens is 1600 g/mol. The van der Waals surface area contributed by atoms with Crippen molar-refractivity contribution in [3.8, 4) is 22.3 Å². The molecule has 121 heavy (non-hydrogen) atoms. The Morgan fingerprint density at radius 2 is 0.570 bits per heavy atom. The Labute approximate surface area is 713 Å². The van der Waals surface area contributed by atoms with E-state index in [4.69, 9.17) is 0 Å². The van der Waals surface area contributed by atoms with Gasteiger partial charge in [0, 0.05) is 79.2 Å². The van der Waals surface area contributed by atoms with E-state index >= 15 is 13.2 Å². The van der Waals surface area contributed by atoms with Crippen molar-refractivity contribution < 1.29 is 17.6 Å². The maximum Gasteiger partial charge on any atom is 0.147 e. The second-order valence-corrected chi connectivity index (χ2v) is 35.3. The number of hydrogen-bond acceptors (Lipinski definition) is 6. The quantitative estimate of drug-likeness (QED) is 0.103. The highest BCUT2D eigenvalue weighted by molar-refractivity contribution is 9.10. The molecule has 1 N–H and O–H groups in total. The van der Waals surface area contributed by atoms with Gasteiger partial charge in [0.15, 0.2) is 0 Å². The van der Waals surface area contributed by atoms with Gasteiger partial charge in [-0.1, -0.05) is 298 Å². The van der Waals surface area contributed by atoms with E-state index in [0.29, 0.717) is 22.7 Å². The van der Waals surface area contributed by atoms with Crippen LogP contribution >= 0.6 is 38.6 Å². The van der Waals surface area contributed by atoms with Crippen LogP contribution in [-0.4, -0.2) is 0 Å². The van der Waals surface area contributed by atoms with Crippen molar-refractivity contribution in [1.29, 1.82) is 0 Å². The zero-order valence-electron chi connectivity index (χ0n) is 66.2. The molecule has 0 atom stereocenters. The van der Waals surface area contributed by atoms with Gasteiger partial charge < -0.3 is 20.0 Å². The zero-order valence-corrected chi connectivity index (χ0v) is 69.4. The highest BCUT2D eigenvalue weighted by Gasteiger charge is 2.40. The molecule has 0 aliphatic heterocycles. The molecule has 2 aliphatic rings. The topological polar surface area (TPSA) is 21.8 Å². The lowest BCUT2D eigenvalue weighted by Gasteiger charge is -2.31. The highest BCUT2D eigenvalue weighted by atomic mass is 79.9. The van der Waals surface area contributed by atoms with Crippen LogP contribution in [0.15, 0.2) is 368 Å². The SMILES string of the molecule is CC1(C)c2ccccc2-c2c(N(c3ccccc3F)c3ccc4ccc5c(N(c6ccccc6F)c6cccc7c6sc6ccccc67)ccc6ccc3c4c65)cccc21.CC1(C)c2ccccc2-c2c(Nc3ccccc3F)cccc21.Fc1ccccc1N(c1ccc2ccc3c(Br)ccc4ccc1c2c43)c1cccc2c1sc1ccccc12. The van der Waals surface area contributed by atoms with E-state index < -0.39 is 0 Å². The molecule has 0 unspecified atom stereocenters. The fraction of sp³-hybridized carbons (Fsp3) is 0.0545. The number of para-hydroxylation sites is 4. The second kappa shape index (κ2) is 28.8. The molecule has 2 aliphatic carbocycles. The summed E-state index contributed by atoms with van der Waals surface area (Å²) in [7, 11) is 0. The molecule has 0 fully saturated rings. The molecule has 0 radical (unpaired) electrons. The first-order chi connectivity index (χ1) is 59.2. The van der Waals surface area contributed by atoms with E-state index in [2.05, 4.69) is 318 Å². The predicted octanol–water partition coefficient (Wildman–Crippen LogP) is 33.7. The fourth-order valence-corrected chi connectivity index (χ4v) is 22.4. The lowest BCUT2D eigenvalue weighted by atomic mass is 9.82. The molecular formula is C110H73BrF4N4S2. The number of nitrogens with zero attached hydrogens (tertiary/aromatic N) is 3. The van der Waals surface area contributed by atoms with E-state index in [9.17, 15) is 4.39 Å². The third kappa shape index (κ3) is 11.7. The molecule has 20 aromatic carbocycles. The van der Waals surface area contributed by atoms with Gasteiger partial charge in [0.1, 0.15) is 23.3 Å². The number of anilines is 11. The van der Waals surface area contributed by atoms with Crippen molar-refractivity contribution in [3.63, 3.8) is 0 Å². The summed E-state index contributed by atoms with van der Waals surface area (Å²) in [6.07, 6.45) is 0. The number of fused-ring (bicyclic) bond motifs is 12. The monoisotopic (exact) mass is 1670 g/mol. The van der Waals surface area contributed by atoms with Gasteiger partial charge in [-0.3, -0.25) is 0 Å². The van der Waals surface area contributed by atoms with Crippen LogP contribution in [0.3, 0.4) is 0 Å². The van der Waals surface area contributed by atoms with E-state index in [1.807, 2.05) is 54.6 Å². The van der Waals surface area contributed by atoms with Crippen molar-refractivity contribution in [2.75, 3.05) is 20.0 Å². The van der Waals surface area contributed by atoms with E-state index in [1.165, 1.54) is 104 Å². The van der Waals surface area contributed by atoms with Crippen LogP contribution in [0, 0.1) is 23.3 Å². The van der Waals surface area contributed by atoms with Gasteiger partial charge in [-0.05, 0) is 191 Å². The van der Waals surface area contributed by atoms with Gasteiger partial charge in [0.05, 0.1) is 66.3 Å². The van der Waals surface area contributed by atoms with Crippen LogP contribution in [0.5, 0.6) is 0 Å². The van der Waals surface area contributed by atoms with Crippen LogP contribution in [0.1, 0.15) is 49.9 Å². The highest BCUT2D eigenvalue weighted by Crippen LogP contribution is 2.58. The Bertz CT molecular complexity index is 7960. The van der Waals surface area contributed by atoms with Crippen LogP contribution in [0.2, 0.25) is 0 Å². The van der Waals surface area contributed by atoms with Crippen LogP contribution < -0.4 is 20.0 Å². The minimum Gasteiger partial charge on any atom is -0.353 e. The van der Waals surface area contributed by atoms with Crippen molar-refractivity contribution in [1.82, 2.24) is 0 Å². The van der Waals surface area contributed by atoms with Crippen molar-refractivity contribution in [2.45, 2.75) is 38.5 Å². The van der Waals surface area contributed by atoms with E-state index in [-0.39, 0.29) is 34.1 Å². The number of nitrogens with one attached hydrogen (secondary N) is 1. The van der Waals surface area contributed by atoms with Gasteiger partial charge in [0.2, 0.25) is 0 Å². The first kappa shape index (κ1) is 73.7. The average Bonchev–Trinajstić information content (AvgIpc) is 1.36. The van der Waals surface area contributed by atoms with Gasteiger partial charge >= 0.3 is 0 Å². The predicted molar refractivity (Wildman–Crippen MR) is 509 cm³/mol. The Kier molecular flexibility index (Phi) is 17.5. The van der Waals surface area contributed by atoms with Gasteiger partial charge in [0.25, 0.3) is 0 Å². The molecule has 24 rings (SSSR count). The largest absolute Gasteiger partial charge is 0.353 e. The zero-order chi connectivity index (χ0) is 81.7. The second-order valence-electron chi connectivity index (χ2n) is 32.4. The molecule has 0 amide bonds. The molecule has 0 saturated heterocycles. The average molecular weight is 1670 g/mol. The van der Waals surface area contributed by atoms with Crippen LogP contribution in [0.25, 0.3) is 127 Å². The number of rotatable bonds is 11. The fourth-order valence-electron chi connectivity index (χ4n) is 19.5. The molecule has 11 heteroatoms. The standard InChI is InChI=1S/C55H36F2N2S.C34H19BrFNS.C21H18FN/c1-55(2)40-16-5-3-14-37(40)53-41(55)17-12-22-48(53)58(46-20-8-6-18-42(46)56)44-31-27-33-26-30-39-45(32-28-34-25-29-38(44)51(33)52(34)39)59(47-21-9-7-19-43(47)57)49-23-11-15-36-35-13-4-10-24-50(35)60-54(36)49;35-26-18-14-20-13-17-25-28(19-15-21-12-16-24(26)32(20)33(21)25)37(29-9-3-2-8-27(29)36)30-10-5-7-23-22-6-1-4-11-31(22)38-34(23)30;1-21(2)15-9-4-3-8-14(15)20-16(21)10-7-13-19(20)23-18-12-6-5-11-17(18)22/h3-32H,1-2H3;1-19H;3-13,23H,1-2H3. The summed E-state index contributed by atoms with van der Waals surface area (Å²) in [5.41, 5.74) is 18.0. The molecule has 2 aromatic heterocycles. The maximum atomic E-state index is 16.4. The lowest BCUT2D eigenvalue weighted by Crippen LogP contribution is -2.16. The maximum absolute atomic E-state index is 16.4. The molecule has 0 bridgehead atoms. The molecule has 2 heterocycles. The summed E-state index contributed by atoms with van der Waals surface area (Å²) in [6.45, 7) is 9.03. The number of thiophene rings is 2. The summed E-state index contributed by atoms with van der Waals surface area (Å²) in [4.78, 5) is 6.32. The summed E-state index contributed by atoms with van der Waals surface area (Å²) >= 11 is 7.25. The van der Waals surface area contributed by atoms with Crippen LogP contribution in [0.4, 0.5) is 80.1 Å². The Morgan fingerprint density at radius 1 is 0.248 bits per heavy atom. The molecule has 4 nitrogen and oxygen atoms in total. The Hall–Kier alpha value is -13.7. The Morgan fingerprint density at radius 3 is 1.05 bits per heavy atom. The molecule has 0 saturated carbocycles. The summed E-state index contributed by atoms with van der Waals surface area (Å²) in [5, 5.41) is 21.4. The summed E-state index contributed by atoms with van der Waals surface area (Å²) in [5.74, 6) is -1.09. The van der Waals surface area contributed by atoms with Gasteiger partial charge in [-0.15, -0.1) is 22.7 Å². The van der Waals surface area contributed by atoms with Gasteiger partial charge in [-0.2, -0.15) is 0 Å². The van der Waals surface area contributed by atoms with Crippen molar-refractivity contribution >= 4 is 206 Å². The third-order valence-electron chi connectivity index (χ3n) is 25.0. The van der Waals surface area contributed by atoms with Gasteiger partial charge in [-0.25, -0.2) is 17.6 Å². The lowest BCUT2D eigenvalue weighted by molar-refractivity contribution is 0.628. The van der Waals surface area contributed by atoms with Crippen molar-refractivity contribution in [2.24, 2.45) is 0 Å². The number of halogens is 5. The van der Waals surface area contributed by atoms with E-state index in [0.717, 1.165) is 102 Å². The van der Waals surface area contributed by atoms with Crippen molar-refractivity contribution in [3.05, 3.63) is 414 Å². The molecule has 580 valence electrons.